The van der Waals surface area contributed by atoms with E-state index in [4.69, 9.17) is 28.3 Å². The third-order valence-corrected chi connectivity index (χ3v) is 4.21. The summed E-state index contributed by atoms with van der Waals surface area (Å²) in [5.41, 5.74) is 0.789. The minimum Gasteiger partial charge on any atom is -0.481 e. The zero-order valence-electron chi connectivity index (χ0n) is 10.7. The standard InChI is InChI=1S/C14H15Cl2NO3/c15-11-4-3-10(12(16)6-11)7-17-13(18)8-1-2-9(5-8)14(19)20/h3-4,6,8-9H,1-2,5,7H2,(H,17,18)(H,19,20)/t8-,9+/m0/s1. The number of hydrogen-bond donors (Lipinski definition) is 2. The maximum Gasteiger partial charge on any atom is 0.306 e. The Morgan fingerprint density at radius 1 is 1.25 bits per heavy atom. The van der Waals surface area contributed by atoms with Crippen LogP contribution in [0.5, 0.6) is 0 Å². The van der Waals surface area contributed by atoms with E-state index >= 15 is 0 Å². The average molecular weight is 316 g/mol. The summed E-state index contributed by atoms with van der Waals surface area (Å²) in [6.45, 7) is 0.322. The molecule has 0 radical (unpaired) electrons. The molecule has 2 N–H and O–H groups in total. The van der Waals surface area contributed by atoms with Crippen LogP contribution in [-0.4, -0.2) is 17.0 Å². The minimum atomic E-state index is -0.818. The van der Waals surface area contributed by atoms with E-state index in [1.165, 1.54) is 0 Å². The first-order valence-corrected chi connectivity index (χ1v) is 7.17. The molecule has 1 aliphatic carbocycles. The van der Waals surface area contributed by atoms with Gasteiger partial charge < -0.3 is 10.4 Å². The van der Waals surface area contributed by atoms with Crippen molar-refractivity contribution in [1.82, 2.24) is 5.32 Å². The highest BCUT2D eigenvalue weighted by atomic mass is 35.5. The van der Waals surface area contributed by atoms with Gasteiger partial charge in [-0.15, -0.1) is 0 Å². The molecule has 108 valence electrons. The number of carbonyl (C=O) groups excluding carboxylic acids is 1. The Morgan fingerprint density at radius 3 is 2.55 bits per heavy atom. The summed E-state index contributed by atoms with van der Waals surface area (Å²) in [5.74, 6) is -1.55. The lowest BCUT2D eigenvalue weighted by atomic mass is 10.0. The molecule has 0 heterocycles. The molecular formula is C14H15Cl2NO3. The topological polar surface area (TPSA) is 66.4 Å². The Bertz CT molecular complexity index is 533. The quantitative estimate of drug-likeness (QED) is 0.897. The lowest BCUT2D eigenvalue weighted by Crippen LogP contribution is -2.29. The molecule has 0 unspecified atom stereocenters. The van der Waals surface area contributed by atoms with Gasteiger partial charge in [0, 0.05) is 22.5 Å². The molecule has 2 rings (SSSR count). The molecule has 0 aliphatic heterocycles. The van der Waals surface area contributed by atoms with Crippen molar-refractivity contribution in [3.63, 3.8) is 0 Å². The molecule has 0 spiro atoms. The molecule has 6 heteroatoms. The SMILES string of the molecule is O=C(O)[C@@H]1CC[C@H](C(=O)NCc2ccc(Cl)cc2Cl)C1. The smallest absolute Gasteiger partial charge is 0.306 e. The summed E-state index contributed by atoms with van der Waals surface area (Å²) < 4.78 is 0. The molecule has 1 aromatic rings. The Morgan fingerprint density at radius 2 is 1.95 bits per heavy atom. The number of benzene rings is 1. The van der Waals surface area contributed by atoms with Crippen molar-refractivity contribution in [1.29, 1.82) is 0 Å². The second-order valence-corrected chi connectivity index (χ2v) is 5.84. The summed E-state index contributed by atoms with van der Waals surface area (Å²) in [6.07, 6.45) is 1.60. The first-order chi connectivity index (χ1) is 9.47. The highest BCUT2D eigenvalue weighted by Crippen LogP contribution is 2.31. The van der Waals surface area contributed by atoms with Crippen LogP contribution in [0.2, 0.25) is 10.0 Å². The van der Waals surface area contributed by atoms with Crippen LogP contribution in [0, 0.1) is 11.8 Å². The number of amides is 1. The molecule has 1 aromatic carbocycles. The van der Waals surface area contributed by atoms with Gasteiger partial charge in [0.25, 0.3) is 0 Å². The fraction of sp³-hybridized carbons (Fsp3) is 0.429. The van der Waals surface area contributed by atoms with Crippen LogP contribution in [-0.2, 0) is 16.1 Å². The third kappa shape index (κ3) is 3.64. The van der Waals surface area contributed by atoms with Crippen molar-refractivity contribution >= 4 is 35.1 Å². The van der Waals surface area contributed by atoms with Crippen LogP contribution in [0.4, 0.5) is 0 Å². The van der Waals surface area contributed by atoms with E-state index in [9.17, 15) is 9.59 Å². The van der Waals surface area contributed by atoms with E-state index in [1.807, 2.05) is 0 Å². The molecule has 1 fully saturated rings. The number of rotatable bonds is 4. The summed E-state index contributed by atoms with van der Waals surface area (Å²) in [5, 5.41) is 12.8. The van der Waals surface area contributed by atoms with Gasteiger partial charge in [0.2, 0.25) is 5.91 Å². The number of carboxylic acid groups (broad SMARTS) is 1. The first kappa shape index (κ1) is 15.1. The van der Waals surface area contributed by atoms with Crippen molar-refractivity contribution < 1.29 is 14.7 Å². The molecule has 0 bridgehead atoms. The first-order valence-electron chi connectivity index (χ1n) is 6.42. The summed E-state index contributed by atoms with van der Waals surface area (Å²) in [6, 6.07) is 5.10. The highest BCUT2D eigenvalue weighted by Gasteiger charge is 2.33. The third-order valence-electron chi connectivity index (χ3n) is 3.62. The largest absolute Gasteiger partial charge is 0.481 e. The summed E-state index contributed by atoms with van der Waals surface area (Å²) in [4.78, 5) is 22.9. The second kappa shape index (κ2) is 6.46. The van der Waals surface area contributed by atoms with Gasteiger partial charge in [-0.2, -0.15) is 0 Å². The summed E-state index contributed by atoms with van der Waals surface area (Å²) in [7, 11) is 0. The van der Waals surface area contributed by atoms with Crippen molar-refractivity contribution in [2.75, 3.05) is 0 Å². The van der Waals surface area contributed by atoms with Crippen LogP contribution < -0.4 is 5.32 Å². The Kier molecular flexibility index (Phi) is 4.89. The zero-order valence-corrected chi connectivity index (χ0v) is 12.2. The van der Waals surface area contributed by atoms with Crippen molar-refractivity contribution in [3.05, 3.63) is 33.8 Å². The molecular weight excluding hydrogens is 301 g/mol. The molecule has 1 saturated carbocycles. The van der Waals surface area contributed by atoms with Gasteiger partial charge >= 0.3 is 5.97 Å². The van der Waals surface area contributed by atoms with Crippen molar-refractivity contribution in [2.45, 2.75) is 25.8 Å². The molecule has 0 aromatic heterocycles. The maximum absolute atomic E-state index is 12.0. The predicted octanol–water partition coefficient (Wildman–Crippen LogP) is 3.11. The van der Waals surface area contributed by atoms with Crippen molar-refractivity contribution in [2.24, 2.45) is 11.8 Å². The molecule has 0 saturated heterocycles. The molecule has 20 heavy (non-hydrogen) atoms. The van der Waals surface area contributed by atoms with E-state index in [2.05, 4.69) is 5.32 Å². The predicted molar refractivity (Wildman–Crippen MR) is 76.8 cm³/mol. The average Bonchev–Trinajstić information content (AvgIpc) is 2.87. The van der Waals surface area contributed by atoms with E-state index in [-0.39, 0.29) is 11.8 Å². The number of carbonyl (C=O) groups is 2. The van der Waals surface area contributed by atoms with Gasteiger partial charge in [-0.1, -0.05) is 29.3 Å². The van der Waals surface area contributed by atoms with Gasteiger partial charge in [-0.25, -0.2) is 0 Å². The van der Waals surface area contributed by atoms with Crippen LogP contribution >= 0.6 is 23.2 Å². The molecule has 1 amide bonds. The number of hydrogen-bond acceptors (Lipinski definition) is 2. The Labute approximate surface area is 127 Å². The van der Waals surface area contributed by atoms with Gasteiger partial charge in [0.05, 0.1) is 5.92 Å². The maximum atomic E-state index is 12.0. The number of halogens is 2. The van der Waals surface area contributed by atoms with E-state index in [0.29, 0.717) is 35.9 Å². The number of carboxylic acids is 1. The normalized spacial score (nSPS) is 21.7. The van der Waals surface area contributed by atoms with E-state index in [1.54, 1.807) is 18.2 Å². The Balaban J connectivity index is 1.88. The molecule has 2 atom stereocenters. The minimum absolute atomic E-state index is 0.111. The van der Waals surface area contributed by atoms with Crippen LogP contribution in [0.3, 0.4) is 0 Å². The monoisotopic (exact) mass is 315 g/mol. The highest BCUT2D eigenvalue weighted by molar-refractivity contribution is 6.35. The second-order valence-electron chi connectivity index (χ2n) is 5.00. The van der Waals surface area contributed by atoms with Gasteiger partial charge in [0.15, 0.2) is 0 Å². The zero-order chi connectivity index (χ0) is 14.7. The van der Waals surface area contributed by atoms with Crippen LogP contribution in [0.1, 0.15) is 24.8 Å². The number of nitrogens with one attached hydrogen (secondary N) is 1. The van der Waals surface area contributed by atoms with Crippen LogP contribution in [0.25, 0.3) is 0 Å². The lowest BCUT2D eigenvalue weighted by molar-refractivity contribution is -0.141. The molecule has 1 aliphatic rings. The van der Waals surface area contributed by atoms with E-state index in [0.717, 1.165) is 5.56 Å². The Hall–Kier alpha value is -1.26. The van der Waals surface area contributed by atoms with Gasteiger partial charge in [-0.3, -0.25) is 9.59 Å². The number of aliphatic carboxylic acids is 1. The lowest BCUT2D eigenvalue weighted by Gasteiger charge is -2.11. The van der Waals surface area contributed by atoms with Gasteiger partial charge in [-0.05, 0) is 37.0 Å². The van der Waals surface area contributed by atoms with Crippen LogP contribution in [0.15, 0.2) is 18.2 Å². The fourth-order valence-electron chi connectivity index (χ4n) is 2.44. The molecule has 4 nitrogen and oxygen atoms in total. The van der Waals surface area contributed by atoms with Crippen molar-refractivity contribution in [3.8, 4) is 0 Å². The summed E-state index contributed by atoms with van der Waals surface area (Å²) >= 11 is 11.8. The van der Waals surface area contributed by atoms with Gasteiger partial charge in [0.1, 0.15) is 0 Å². The fourth-order valence-corrected chi connectivity index (χ4v) is 2.91. The van der Waals surface area contributed by atoms with E-state index < -0.39 is 11.9 Å².